The minimum atomic E-state index is -0.0301. The number of hydrogen-bond acceptors (Lipinski definition) is 3. The van der Waals surface area contributed by atoms with Gasteiger partial charge in [0.15, 0.2) is 0 Å². The third-order valence-corrected chi connectivity index (χ3v) is 3.74. The molecule has 17 heavy (non-hydrogen) atoms. The molecule has 86 valence electrons. The lowest BCUT2D eigenvalue weighted by atomic mass is 10.2. The van der Waals surface area contributed by atoms with E-state index in [0.29, 0.717) is 0 Å². The van der Waals surface area contributed by atoms with Crippen molar-refractivity contribution < 1.29 is 4.79 Å². The number of aryl methyl sites for hydroxylation is 1. The van der Waals surface area contributed by atoms with E-state index in [1.807, 2.05) is 36.9 Å². The second-order valence-corrected chi connectivity index (χ2v) is 4.95. The molecule has 0 spiro atoms. The van der Waals surface area contributed by atoms with Crippen LogP contribution in [-0.4, -0.2) is 13.0 Å². The highest BCUT2D eigenvalue weighted by atomic mass is 32.1. The molecular weight excluding hydrogens is 232 g/mol. The first kappa shape index (κ1) is 10.4. The van der Waals surface area contributed by atoms with Crippen molar-refractivity contribution in [2.24, 2.45) is 0 Å². The second kappa shape index (κ2) is 3.60. The van der Waals surface area contributed by atoms with Crippen LogP contribution in [0.4, 0.5) is 17.1 Å². The third-order valence-electron chi connectivity index (χ3n) is 3.01. The molecule has 0 aliphatic carbocycles. The number of nitrogens with one attached hydrogen (secondary N) is 1. The number of rotatable bonds is 0. The maximum atomic E-state index is 12.1. The Morgan fingerprint density at radius 1 is 1.24 bits per heavy atom. The van der Waals surface area contributed by atoms with E-state index in [-0.39, 0.29) is 5.91 Å². The van der Waals surface area contributed by atoms with Crippen LogP contribution in [0.5, 0.6) is 0 Å². The highest BCUT2D eigenvalue weighted by Gasteiger charge is 2.23. The molecule has 1 amide bonds. The van der Waals surface area contributed by atoms with Gasteiger partial charge in [-0.1, -0.05) is 6.07 Å². The van der Waals surface area contributed by atoms with Crippen molar-refractivity contribution in [2.75, 3.05) is 17.3 Å². The molecule has 2 aromatic rings. The minimum Gasteiger partial charge on any atom is -0.342 e. The Labute approximate surface area is 104 Å². The molecule has 0 atom stereocenters. The summed E-state index contributed by atoms with van der Waals surface area (Å²) >= 11 is 1.55. The standard InChI is InChI=1S/C13H12N2OS/c1-8-3-4-11-10(5-8)14-13(16)9-6-17-7-12(9)15(11)2/h3-7H,1-2H3,(H,14,16). The van der Waals surface area contributed by atoms with Gasteiger partial charge in [-0.15, -0.1) is 11.3 Å². The van der Waals surface area contributed by atoms with Crippen LogP contribution in [0.1, 0.15) is 15.9 Å². The van der Waals surface area contributed by atoms with Crippen LogP contribution in [0, 0.1) is 6.92 Å². The number of amides is 1. The number of nitrogens with zero attached hydrogens (tertiary/aromatic N) is 1. The molecule has 0 radical (unpaired) electrons. The molecule has 1 aliphatic heterocycles. The predicted octanol–water partition coefficient (Wildman–Crippen LogP) is 3.39. The van der Waals surface area contributed by atoms with Gasteiger partial charge in [0, 0.05) is 17.8 Å². The van der Waals surface area contributed by atoms with Gasteiger partial charge in [-0.2, -0.15) is 0 Å². The first-order chi connectivity index (χ1) is 8.16. The topological polar surface area (TPSA) is 32.3 Å². The Balaban J connectivity index is 2.23. The molecule has 1 N–H and O–H groups in total. The van der Waals surface area contributed by atoms with Crippen LogP contribution in [0.3, 0.4) is 0 Å². The zero-order chi connectivity index (χ0) is 12.0. The third kappa shape index (κ3) is 1.52. The largest absolute Gasteiger partial charge is 0.342 e. The molecule has 0 bridgehead atoms. The molecule has 1 aromatic carbocycles. The molecule has 0 saturated heterocycles. The smallest absolute Gasteiger partial charge is 0.258 e. The normalized spacial score (nSPS) is 13.8. The summed E-state index contributed by atoms with van der Waals surface area (Å²) in [7, 11) is 1.99. The molecule has 3 nitrogen and oxygen atoms in total. The molecule has 1 aromatic heterocycles. The molecule has 0 unspecified atom stereocenters. The lowest BCUT2D eigenvalue weighted by molar-refractivity contribution is 0.102. The predicted molar refractivity (Wildman–Crippen MR) is 71.5 cm³/mol. The van der Waals surface area contributed by atoms with Crippen molar-refractivity contribution in [2.45, 2.75) is 6.92 Å². The van der Waals surface area contributed by atoms with Gasteiger partial charge in [0.1, 0.15) is 0 Å². The van der Waals surface area contributed by atoms with Gasteiger partial charge in [0.05, 0.1) is 22.6 Å². The Kier molecular flexibility index (Phi) is 2.19. The van der Waals surface area contributed by atoms with Crippen LogP contribution in [-0.2, 0) is 0 Å². The van der Waals surface area contributed by atoms with E-state index in [9.17, 15) is 4.79 Å². The summed E-state index contributed by atoms with van der Waals surface area (Å²) in [6, 6.07) is 6.09. The molecule has 0 fully saturated rings. The van der Waals surface area contributed by atoms with Gasteiger partial charge in [0.25, 0.3) is 5.91 Å². The summed E-state index contributed by atoms with van der Waals surface area (Å²) in [6.45, 7) is 2.02. The number of fused-ring (bicyclic) bond motifs is 2. The fourth-order valence-electron chi connectivity index (χ4n) is 2.08. The SMILES string of the molecule is Cc1ccc2c(c1)NC(=O)c1cscc1N2C. The molecule has 0 saturated carbocycles. The lowest BCUT2D eigenvalue weighted by Gasteiger charge is -2.19. The molecule has 4 heteroatoms. The Bertz CT molecular complexity index is 603. The van der Waals surface area contributed by atoms with Gasteiger partial charge in [-0.05, 0) is 24.6 Å². The summed E-state index contributed by atoms with van der Waals surface area (Å²) in [4.78, 5) is 14.1. The highest BCUT2D eigenvalue weighted by Crippen LogP contribution is 2.38. The van der Waals surface area contributed by atoms with Crippen LogP contribution >= 0.6 is 11.3 Å². The molecular formula is C13H12N2OS. The Morgan fingerprint density at radius 3 is 2.88 bits per heavy atom. The fraction of sp³-hybridized carbons (Fsp3) is 0.154. The summed E-state index contributed by atoms with van der Waals surface area (Å²) in [6.07, 6.45) is 0. The lowest BCUT2D eigenvalue weighted by Crippen LogP contribution is -2.09. The zero-order valence-electron chi connectivity index (χ0n) is 9.65. The quantitative estimate of drug-likeness (QED) is 0.770. The number of carbonyl (C=O) groups excluding carboxylic acids is 1. The van der Waals surface area contributed by atoms with Gasteiger partial charge in [-0.3, -0.25) is 4.79 Å². The van der Waals surface area contributed by atoms with Crippen molar-refractivity contribution in [3.63, 3.8) is 0 Å². The number of thiophene rings is 1. The van der Waals surface area contributed by atoms with E-state index in [1.165, 1.54) is 0 Å². The average molecular weight is 244 g/mol. The summed E-state index contributed by atoms with van der Waals surface area (Å²) in [5, 5.41) is 6.85. The van der Waals surface area contributed by atoms with Gasteiger partial charge >= 0.3 is 0 Å². The van der Waals surface area contributed by atoms with Crippen molar-refractivity contribution >= 4 is 34.3 Å². The average Bonchev–Trinajstić information content (AvgIpc) is 2.74. The van der Waals surface area contributed by atoms with Crippen LogP contribution in [0.2, 0.25) is 0 Å². The van der Waals surface area contributed by atoms with Crippen LogP contribution in [0.15, 0.2) is 29.0 Å². The van der Waals surface area contributed by atoms with Gasteiger partial charge in [0.2, 0.25) is 0 Å². The zero-order valence-corrected chi connectivity index (χ0v) is 10.5. The first-order valence-electron chi connectivity index (χ1n) is 5.39. The molecule has 1 aliphatic rings. The van der Waals surface area contributed by atoms with Crippen molar-refractivity contribution in [1.82, 2.24) is 0 Å². The number of benzene rings is 1. The number of anilines is 3. The van der Waals surface area contributed by atoms with Gasteiger partial charge < -0.3 is 10.2 Å². The highest BCUT2D eigenvalue weighted by molar-refractivity contribution is 7.08. The number of hydrogen-bond donors (Lipinski definition) is 1. The van der Waals surface area contributed by atoms with Crippen molar-refractivity contribution in [1.29, 1.82) is 0 Å². The monoisotopic (exact) mass is 244 g/mol. The molecule has 2 heterocycles. The minimum absolute atomic E-state index is 0.0301. The number of carbonyl (C=O) groups is 1. The van der Waals surface area contributed by atoms with Gasteiger partial charge in [-0.25, -0.2) is 0 Å². The summed E-state index contributed by atoms with van der Waals surface area (Å²) < 4.78 is 0. The summed E-state index contributed by atoms with van der Waals surface area (Å²) in [5.41, 5.74) is 4.75. The van der Waals surface area contributed by atoms with Crippen molar-refractivity contribution in [3.8, 4) is 0 Å². The fourth-order valence-corrected chi connectivity index (χ4v) is 2.93. The van der Waals surface area contributed by atoms with E-state index in [0.717, 1.165) is 28.2 Å². The van der Waals surface area contributed by atoms with E-state index >= 15 is 0 Å². The van der Waals surface area contributed by atoms with Crippen LogP contribution in [0.25, 0.3) is 0 Å². The second-order valence-electron chi connectivity index (χ2n) is 4.20. The Morgan fingerprint density at radius 2 is 2.06 bits per heavy atom. The van der Waals surface area contributed by atoms with E-state index in [2.05, 4.69) is 16.3 Å². The maximum Gasteiger partial charge on any atom is 0.258 e. The van der Waals surface area contributed by atoms with E-state index in [1.54, 1.807) is 11.3 Å². The van der Waals surface area contributed by atoms with Crippen molar-refractivity contribution in [3.05, 3.63) is 40.1 Å². The summed E-state index contributed by atoms with van der Waals surface area (Å²) in [5.74, 6) is -0.0301. The van der Waals surface area contributed by atoms with Crippen LogP contribution < -0.4 is 10.2 Å². The maximum absolute atomic E-state index is 12.1. The van der Waals surface area contributed by atoms with E-state index < -0.39 is 0 Å². The molecule has 3 rings (SSSR count). The Hall–Kier alpha value is -1.81. The first-order valence-corrected chi connectivity index (χ1v) is 6.33. The van der Waals surface area contributed by atoms with E-state index in [4.69, 9.17) is 0 Å².